The summed E-state index contributed by atoms with van der Waals surface area (Å²) in [4.78, 5) is 28.6. The fourth-order valence-corrected chi connectivity index (χ4v) is 3.75. The van der Waals surface area contributed by atoms with Gasteiger partial charge in [-0.15, -0.1) is 0 Å². The maximum absolute atomic E-state index is 12.2. The van der Waals surface area contributed by atoms with Gasteiger partial charge in [0.2, 0.25) is 11.8 Å². The number of nitrogens with zero attached hydrogens (tertiary/aromatic N) is 1. The summed E-state index contributed by atoms with van der Waals surface area (Å²) in [5.74, 6) is 0.369. The van der Waals surface area contributed by atoms with Gasteiger partial charge in [-0.3, -0.25) is 14.6 Å². The van der Waals surface area contributed by atoms with Crippen LogP contribution in [0.1, 0.15) is 26.2 Å². The number of thioether (sulfide) groups is 1. The highest BCUT2D eigenvalue weighted by Gasteiger charge is 2.32. The monoisotopic (exact) mass is 377 g/mol. The van der Waals surface area contributed by atoms with Crippen LogP contribution in [0.5, 0.6) is 5.75 Å². The topological polar surface area (TPSA) is 89.0 Å². The fraction of sp³-hybridized carbons (Fsp3) is 0.500. The van der Waals surface area contributed by atoms with Crippen LogP contribution in [-0.4, -0.2) is 48.1 Å². The molecule has 26 heavy (non-hydrogen) atoms. The standard InChI is InChI=1S/C18H23N3O4S/c1-2-24-13-7-5-12(6-8-13)20-16(22)10-15-17(23)21-18(26-15)19-11-14-4-3-9-25-14/h5-8,14-15H,2-4,9-11H2,1H3,(H,20,22)(H,19,21,23). The number of amides is 2. The van der Waals surface area contributed by atoms with Crippen molar-refractivity contribution in [3.8, 4) is 5.75 Å². The van der Waals surface area contributed by atoms with Crippen LogP contribution in [-0.2, 0) is 14.3 Å². The van der Waals surface area contributed by atoms with Gasteiger partial charge in [-0.1, -0.05) is 11.8 Å². The third-order valence-electron chi connectivity index (χ3n) is 4.06. The molecule has 2 amide bonds. The van der Waals surface area contributed by atoms with Gasteiger partial charge in [0.25, 0.3) is 0 Å². The Morgan fingerprint density at radius 1 is 1.42 bits per heavy atom. The maximum atomic E-state index is 12.2. The predicted octanol–water partition coefficient (Wildman–Crippen LogP) is 2.18. The van der Waals surface area contributed by atoms with Crippen LogP contribution >= 0.6 is 11.8 Å². The van der Waals surface area contributed by atoms with E-state index in [4.69, 9.17) is 9.47 Å². The molecule has 140 valence electrons. The first-order chi connectivity index (χ1) is 12.6. The van der Waals surface area contributed by atoms with Crippen molar-refractivity contribution in [2.75, 3.05) is 25.1 Å². The zero-order valence-corrected chi connectivity index (χ0v) is 15.5. The van der Waals surface area contributed by atoms with Crippen molar-refractivity contribution in [2.24, 2.45) is 4.99 Å². The lowest BCUT2D eigenvalue weighted by Crippen LogP contribution is -2.28. The van der Waals surface area contributed by atoms with Gasteiger partial charge in [0.1, 0.15) is 11.0 Å². The van der Waals surface area contributed by atoms with Gasteiger partial charge < -0.3 is 20.1 Å². The Morgan fingerprint density at radius 2 is 2.23 bits per heavy atom. The first-order valence-electron chi connectivity index (χ1n) is 8.80. The minimum absolute atomic E-state index is 0.0999. The SMILES string of the molecule is CCOc1ccc(NC(=O)CC2SC(=NCC3CCCO3)NC2=O)cc1. The van der Waals surface area contributed by atoms with Gasteiger partial charge in [0, 0.05) is 18.7 Å². The number of anilines is 1. The molecule has 2 aliphatic rings. The molecule has 2 unspecified atom stereocenters. The molecule has 2 aliphatic heterocycles. The molecule has 8 heteroatoms. The van der Waals surface area contributed by atoms with Gasteiger partial charge in [0.15, 0.2) is 5.17 Å². The summed E-state index contributed by atoms with van der Waals surface area (Å²) in [6, 6.07) is 7.15. The number of carbonyl (C=O) groups excluding carboxylic acids is 2. The van der Waals surface area contributed by atoms with Crippen molar-refractivity contribution in [1.82, 2.24) is 5.32 Å². The Labute approximate surface area is 156 Å². The van der Waals surface area contributed by atoms with Gasteiger partial charge >= 0.3 is 0 Å². The van der Waals surface area contributed by atoms with Crippen LogP contribution in [0.4, 0.5) is 5.69 Å². The molecule has 7 nitrogen and oxygen atoms in total. The molecule has 1 aromatic rings. The normalized spacial score (nSPS) is 23.9. The molecule has 0 radical (unpaired) electrons. The van der Waals surface area contributed by atoms with Crippen molar-refractivity contribution in [3.63, 3.8) is 0 Å². The number of carbonyl (C=O) groups is 2. The Kier molecular flexibility index (Phi) is 6.51. The van der Waals surface area contributed by atoms with Crippen LogP contribution in [0.15, 0.2) is 29.3 Å². The summed E-state index contributed by atoms with van der Waals surface area (Å²) in [5, 5.41) is 5.66. The van der Waals surface area contributed by atoms with Crippen molar-refractivity contribution >= 4 is 34.4 Å². The summed E-state index contributed by atoms with van der Waals surface area (Å²) >= 11 is 1.30. The zero-order valence-electron chi connectivity index (χ0n) is 14.7. The number of amidine groups is 1. The Hall–Kier alpha value is -2.06. The second-order valence-corrected chi connectivity index (χ2v) is 7.28. The minimum atomic E-state index is -0.457. The molecule has 2 atom stereocenters. The highest BCUT2D eigenvalue weighted by atomic mass is 32.2. The number of benzene rings is 1. The summed E-state index contributed by atoms with van der Waals surface area (Å²) in [6.07, 6.45) is 2.30. The van der Waals surface area contributed by atoms with Gasteiger partial charge in [0.05, 0.1) is 19.3 Å². The van der Waals surface area contributed by atoms with E-state index in [1.54, 1.807) is 24.3 Å². The maximum Gasteiger partial charge on any atom is 0.240 e. The summed E-state index contributed by atoms with van der Waals surface area (Å²) in [6.45, 7) is 3.84. The lowest BCUT2D eigenvalue weighted by Gasteiger charge is -2.08. The number of hydrogen-bond donors (Lipinski definition) is 2. The van der Waals surface area contributed by atoms with Crippen molar-refractivity contribution in [1.29, 1.82) is 0 Å². The molecule has 0 saturated carbocycles. The Morgan fingerprint density at radius 3 is 2.92 bits per heavy atom. The molecular formula is C18H23N3O4S. The third kappa shape index (κ3) is 5.22. The molecular weight excluding hydrogens is 354 g/mol. The quantitative estimate of drug-likeness (QED) is 0.760. The van der Waals surface area contributed by atoms with E-state index in [2.05, 4.69) is 15.6 Å². The molecule has 0 bridgehead atoms. The van der Waals surface area contributed by atoms with Crippen molar-refractivity contribution < 1.29 is 19.1 Å². The molecule has 2 saturated heterocycles. The summed E-state index contributed by atoms with van der Waals surface area (Å²) in [5.41, 5.74) is 0.675. The summed E-state index contributed by atoms with van der Waals surface area (Å²) < 4.78 is 10.9. The zero-order chi connectivity index (χ0) is 18.4. The van der Waals surface area contributed by atoms with E-state index < -0.39 is 5.25 Å². The average Bonchev–Trinajstić information content (AvgIpc) is 3.25. The van der Waals surface area contributed by atoms with E-state index in [1.165, 1.54) is 11.8 Å². The first kappa shape index (κ1) is 18.7. The van der Waals surface area contributed by atoms with Gasteiger partial charge in [-0.05, 0) is 44.0 Å². The molecule has 2 fully saturated rings. The van der Waals surface area contributed by atoms with E-state index in [1.807, 2.05) is 6.92 Å². The number of rotatable bonds is 7. The van der Waals surface area contributed by atoms with E-state index in [0.29, 0.717) is 24.0 Å². The van der Waals surface area contributed by atoms with Crippen molar-refractivity contribution in [2.45, 2.75) is 37.5 Å². The van der Waals surface area contributed by atoms with E-state index in [-0.39, 0.29) is 24.3 Å². The molecule has 0 aromatic heterocycles. The van der Waals surface area contributed by atoms with Crippen LogP contribution in [0.25, 0.3) is 0 Å². The Bertz CT molecular complexity index is 672. The van der Waals surface area contributed by atoms with Crippen LogP contribution in [0.2, 0.25) is 0 Å². The molecule has 2 N–H and O–H groups in total. The van der Waals surface area contributed by atoms with Gasteiger partial charge in [-0.2, -0.15) is 0 Å². The minimum Gasteiger partial charge on any atom is -0.494 e. The molecule has 2 heterocycles. The van der Waals surface area contributed by atoms with E-state index in [9.17, 15) is 9.59 Å². The number of nitrogens with one attached hydrogen (secondary N) is 2. The van der Waals surface area contributed by atoms with E-state index in [0.717, 1.165) is 25.2 Å². The second kappa shape index (κ2) is 9.05. The third-order valence-corrected chi connectivity index (χ3v) is 5.18. The van der Waals surface area contributed by atoms with Crippen LogP contribution < -0.4 is 15.4 Å². The molecule has 1 aromatic carbocycles. The lowest BCUT2D eigenvalue weighted by atomic mass is 10.2. The predicted molar refractivity (Wildman–Crippen MR) is 102 cm³/mol. The highest BCUT2D eigenvalue weighted by Crippen LogP contribution is 2.24. The Balaban J connectivity index is 1.47. The largest absolute Gasteiger partial charge is 0.494 e. The molecule has 3 rings (SSSR count). The highest BCUT2D eigenvalue weighted by molar-refractivity contribution is 8.15. The van der Waals surface area contributed by atoms with Crippen LogP contribution in [0, 0.1) is 0 Å². The molecule has 0 aliphatic carbocycles. The first-order valence-corrected chi connectivity index (χ1v) is 9.68. The molecule has 0 spiro atoms. The van der Waals surface area contributed by atoms with Crippen LogP contribution in [0.3, 0.4) is 0 Å². The summed E-state index contributed by atoms with van der Waals surface area (Å²) in [7, 11) is 0. The lowest BCUT2D eigenvalue weighted by molar-refractivity contribution is -0.122. The van der Waals surface area contributed by atoms with Gasteiger partial charge in [-0.25, -0.2) is 0 Å². The number of ether oxygens (including phenoxy) is 2. The fourth-order valence-electron chi connectivity index (χ4n) is 2.77. The average molecular weight is 377 g/mol. The van der Waals surface area contributed by atoms with Crippen molar-refractivity contribution in [3.05, 3.63) is 24.3 Å². The second-order valence-electron chi connectivity index (χ2n) is 6.09. The number of aliphatic imine (C=N–C) groups is 1. The smallest absolute Gasteiger partial charge is 0.240 e. The van der Waals surface area contributed by atoms with E-state index >= 15 is 0 Å². The number of hydrogen-bond acceptors (Lipinski definition) is 6.